The molecular formula is C24H24N6O4. The van der Waals surface area contributed by atoms with Crippen LogP contribution in [0.4, 0.5) is 5.69 Å². The molecular weight excluding hydrogens is 436 g/mol. The number of benzene rings is 2. The van der Waals surface area contributed by atoms with Crippen molar-refractivity contribution in [3.63, 3.8) is 0 Å². The Hall–Kier alpha value is -4.34. The maximum atomic E-state index is 12.7. The van der Waals surface area contributed by atoms with Gasteiger partial charge in [-0.1, -0.05) is 41.1 Å². The second-order valence-corrected chi connectivity index (χ2v) is 7.99. The molecule has 2 aromatic heterocycles. The Bertz CT molecular complexity index is 1470. The van der Waals surface area contributed by atoms with E-state index in [2.05, 4.69) is 15.2 Å². The Morgan fingerprint density at radius 1 is 1.06 bits per heavy atom. The molecule has 0 atom stereocenters. The first-order valence-corrected chi connectivity index (χ1v) is 10.7. The van der Waals surface area contributed by atoms with Crippen molar-refractivity contribution in [1.82, 2.24) is 24.5 Å². The molecule has 1 amide bonds. The van der Waals surface area contributed by atoms with Crippen molar-refractivity contribution in [3.8, 4) is 17.2 Å². The van der Waals surface area contributed by atoms with Crippen LogP contribution in [0.15, 0.2) is 62.6 Å². The lowest BCUT2D eigenvalue weighted by Gasteiger charge is -2.19. The molecule has 0 aliphatic heterocycles. The number of aryl methyl sites for hydroxylation is 3. The number of hydrogen-bond donors (Lipinski definition) is 0. The van der Waals surface area contributed by atoms with Gasteiger partial charge >= 0.3 is 5.69 Å². The van der Waals surface area contributed by atoms with Crippen molar-refractivity contribution in [1.29, 1.82) is 0 Å². The summed E-state index contributed by atoms with van der Waals surface area (Å²) in [5.74, 6) is 0.0330. The molecule has 4 aromatic rings. The van der Waals surface area contributed by atoms with E-state index in [0.717, 1.165) is 26.1 Å². The van der Waals surface area contributed by atoms with Crippen LogP contribution in [0.25, 0.3) is 17.2 Å². The number of carbonyl (C=O) groups is 1. The van der Waals surface area contributed by atoms with Gasteiger partial charge in [0, 0.05) is 32.6 Å². The second kappa shape index (κ2) is 9.26. The smallest absolute Gasteiger partial charge is 0.339 e. The van der Waals surface area contributed by atoms with Gasteiger partial charge in [0.2, 0.25) is 17.6 Å². The summed E-state index contributed by atoms with van der Waals surface area (Å²) in [6.07, 6.45) is 0.334. The van der Waals surface area contributed by atoms with Gasteiger partial charge in [0.15, 0.2) is 5.69 Å². The second-order valence-electron chi connectivity index (χ2n) is 7.99. The Morgan fingerprint density at radius 3 is 2.47 bits per heavy atom. The number of nitrogens with zero attached hydrogens (tertiary/aromatic N) is 6. The fourth-order valence-electron chi connectivity index (χ4n) is 3.48. The predicted molar refractivity (Wildman–Crippen MR) is 126 cm³/mol. The van der Waals surface area contributed by atoms with Gasteiger partial charge in [-0.05, 0) is 37.6 Å². The van der Waals surface area contributed by atoms with E-state index in [-0.39, 0.29) is 36.2 Å². The molecule has 174 valence electrons. The third kappa shape index (κ3) is 4.42. The van der Waals surface area contributed by atoms with E-state index in [1.54, 1.807) is 24.1 Å². The summed E-state index contributed by atoms with van der Waals surface area (Å²) in [5.41, 5.74) is 1.98. The first-order valence-electron chi connectivity index (χ1n) is 10.7. The van der Waals surface area contributed by atoms with Crippen molar-refractivity contribution in [2.24, 2.45) is 7.05 Å². The minimum Gasteiger partial charge on any atom is -0.339 e. The zero-order chi connectivity index (χ0) is 24.4. The number of hydrogen-bond acceptors (Lipinski definition) is 7. The first-order chi connectivity index (χ1) is 16.3. The summed E-state index contributed by atoms with van der Waals surface area (Å²) in [7, 11) is 3.08. The van der Waals surface area contributed by atoms with E-state index in [1.807, 2.05) is 50.2 Å². The van der Waals surface area contributed by atoms with Gasteiger partial charge in [0.1, 0.15) is 0 Å². The lowest BCUT2D eigenvalue weighted by Crippen LogP contribution is -2.40. The van der Waals surface area contributed by atoms with Crippen LogP contribution in [0.2, 0.25) is 0 Å². The molecule has 0 N–H and O–H groups in total. The van der Waals surface area contributed by atoms with Gasteiger partial charge in [-0.15, -0.1) is 0 Å². The number of anilines is 1. The van der Waals surface area contributed by atoms with Crippen LogP contribution in [0.3, 0.4) is 0 Å². The Labute approximate surface area is 195 Å². The molecule has 10 heteroatoms. The van der Waals surface area contributed by atoms with Gasteiger partial charge in [0.05, 0.1) is 5.69 Å². The molecule has 4 rings (SSSR count). The summed E-state index contributed by atoms with van der Waals surface area (Å²) >= 11 is 0. The summed E-state index contributed by atoms with van der Waals surface area (Å²) in [6.45, 7) is 3.86. The minimum absolute atomic E-state index is 0.0452. The average molecular weight is 460 g/mol. The molecule has 2 aromatic carbocycles. The highest BCUT2D eigenvalue weighted by atomic mass is 16.5. The van der Waals surface area contributed by atoms with Crippen molar-refractivity contribution >= 4 is 11.6 Å². The molecule has 0 saturated carbocycles. The van der Waals surface area contributed by atoms with Gasteiger partial charge in [-0.3, -0.25) is 14.2 Å². The number of rotatable bonds is 6. The Kier molecular flexibility index (Phi) is 6.22. The molecule has 0 saturated heterocycles. The molecule has 10 nitrogen and oxygen atoms in total. The zero-order valence-electron chi connectivity index (χ0n) is 19.3. The number of carbonyl (C=O) groups excluding carboxylic acids is 1. The minimum atomic E-state index is -0.643. The van der Waals surface area contributed by atoms with Crippen molar-refractivity contribution < 1.29 is 9.32 Å². The molecule has 0 spiro atoms. The highest BCUT2D eigenvalue weighted by molar-refractivity contribution is 5.93. The van der Waals surface area contributed by atoms with Gasteiger partial charge < -0.3 is 9.42 Å². The van der Waals surface area contributed by atoms with Gasteiger partial charge in [-0.25, -0.2) is 4.79 Å². The van der Waals surface area contributed by atoms with Crippen LogP contribution >= 0.6 is 0 Å². The normalized spacial score (nSPS) is 10.9. The molecule has 2 heterocycles. The standard InChI is InChI=1S/C24H24N6O4/c1-15-9-11-17(12-10-15)30-24(33)29(4)23(32)21(26-30)22-25-19(34-27-22)13-14-20(31)28(3)18-8-6-5-7-16(18)2/h5-12H,13-14H2,1-4H3. The third-order valence-electron chi connectivity index (χ3n) is 5.54. The van der Waals surface area contributed by atoms with Crippen LogP contribution in [-0.4, -0.2) is 37.4 Å². The van der Waals surface area contributed by atoms with Crippen molar-refractivity contribution in [3.05, 3.63) is 86.4 Å². The van der Waals surface area contributed by atoms with E-state index in [0.29, 0.717) is 5.69 Å². The first kappa shape index (κ1) is 22.8. The molecule has 0 aliphatic rings. The Balaban J connectivity index is 1.57. The van der Waals surface area contributed by atoms with Crippen LogP contribution in [0.1, 0.15) is 23.4 Å². The van der Waals surface area contributed by atoms with Crippen molar-refractivity contribution in [2.75, 3.05) is 11.9 Å². The summed E-state index contributed by atoms with van der Waals surface area (Å²) < 4.78 is 7.32. The zero-order valence-corrected chi connectivity index (χ0v) is 19.3. The highest BCUT2D eigenvalue weighted by Crippen LogP contribution is 2.19. The average Bonchev–Trinajstić information content (AvgIpc) is 3.30. The monoisotopic (exact) mass is 460 g/mol. The quantitative estimate of drug-likeness (QED) is 0.433. The van der Waals surface area contributed by atoms with Gasteiger partial charge in [0.25, 0.3) is 5.56 Å². The van der Waals surface area contributed by atoms with Crippen molar-refractivity contribution in [2.45, 2.75) is 26.7 Å². The van der Waals surface area contributed by atoms with Crippen LogP contribution in [0.5, 0.6) is 0 Å². The van der Waals surface area contributed by atoms with Crippen LogP contribution in [-0.2, 0) is 18.3 Å². The molecule has 0 bridgehead atoms. The van der Waals surface area contributed by atoms with E-state index in [1.165, 1.54) is 7.05 Å². The molecule has 0 radical (unpaired) electrons. The molecule has 34 heavy (non-hydrogen) atoms. The highest BCUT2D eigenvalue weighted by Gasteiger charge is 2.20. The molecule has 0 unspecified atom stereocenters. The van der Waals surface area contributed by atoms with E-state index in [9.17, 15) is 14.4 Å². The topological polar surface area (TPSA) is 116 Å². The number of aromatic nitrogens is 5. The lowest BCUT2D eigenvalue weighted by molar-refractivity contribution is -0.118. The summed E-state index contributed by atoms with van der Waals surface area (Å²) in [5, 5.41) is 8.06. The van der Waals surface area contributed by atoms with E-state index in [4.69, 9.17) is 4.52 Å². The largest absolute Gasteiger partial charge is 0.351 e. The van der Waals surface area contributed by atoms with Crippen LogP contribution in [0, 0.1) is 13.8 Å². The SMILES string of the molecule is Cc1ccc(-n2nc(-c3noc(CCC(=O)N(C)c4ccccc4C)n3)c(=O)n(C)c2=O)cc1. The summed E-state index contributed by atoms with van der Waals surface area (Å²) in [6, 6.07) is 14.7. The van der Waals surface area contributed by atoms with Gasteiger partial charge in [-0.2, -0.15) is 14.8 Å². The maximum Gasteiger partial charge on any atom is 0.351 e. The summed E-state index contributed by atoms with van der Waals surface area (Å²) in [4.78, 5) is 43.8. The fraction of sp³-hybridized carbons (Fsp3) is 0.250. The number of para-hydroxylation sites is 1. The lowest BCUT2D eigenvalue weighted by atomic mass is 10.1. The van der Waals surface area contributed by atoms with E-state index < -0.39 is 11.2 Å². The Morgan fingerprint density at radius 2 is 1.76 bits per heavy atom. The molecule has 0 fully saturated rings. The number of amides is 1. The molecule has 0 aliphatic carbocycles. The maximum absolute atomic E-state index is 12.7. The van der Waals surface area contributed by atoms with E-state index >= 15 is 0 Å². The predicted octanol–water partition coefficient (Wildman–Crippen LogP) is 2.19. The third-order valence-corrected chi connectivity index (χ3v) is 5.54. The van der Waals surface area contributed by atoms with Crippen LogP contribution < -0.4 is 16.1 Å². The fourth-order valence-corrected chi connectivity index (χ4v) is 3.48.